The molecule has 1 N–H and O–H groups in total. The Morgan fingerprint density at radius 2 is 1.94 bits per heavy atom. The average molecular weight is 259 g/mol. The highest BCUT2D eigenvalue weighted by Crippen LogP contribution is 2.28. The predicted octanol–water partition coefficient (Wildman–Crippen LogP) is 4.45. The van der Waals surface area contributed by atoms with E-state index in [9.17, 15) is 8.78 Å². The van der Waals surface area contributed by atoms with E-state index in [-0.39, 0.29) is 10.8 Å². The average Bonchev–Trinajstić information content (AvgIpc) is 2.23. The zero-order chi connectivity index (χ0) is 13.1. The molecule has 4 heteroatoms. The van der Waals surface area contributed by atoms with Crippen molar-refractivity contribution in [2.24, 2.45) is 0 Å². The largest absolute Gasteiger partial charge is 0.256 e. The Balaban J connectivity index is 2.83. The van der Waals surface area contributed by atoms with E-state index >= 15 is 0 Å². The predicted molar refractivity (Wildman–Crippen MR) is 69.9 cm³/mol. The monoisotopic (exact) mass is 259 g/mol. The molecule has 1 aromatic carbocycles. The van der Waals surface area contributed by atoms with E-state index < -0.39 is 11.6 Å². The number of halogens is 2. The summed E-state index contributed by atoms with van der Waals surface area (Å²) in [6.45, 7) is 8.16. The van der Waals surface area contributed by atoms with Gasteiger partial charge in [0.15, 0.2) is 11.6 Å². The Morgan fingerprint density at radius 1 is 1.29 bits per heavy atom. The lowest BCUT2D eigenvalue weighted by Crippen LogP contribution is -2.22. The third-order valence-corrected chi connectivity index (χ3v) is 3.29. The lowest BCUT2D eigenvalue weighted by atomic mass is 10.0. The first-order chi connectivity index (χ1) is 7.85. The molecule has 1 rings (SSSR count). The van der Waals surface area contributed by atoms with E-state index in [4.69, 9.17) is 0 Å². The molecular weight excluding hydrogens is 240 g/mol. The van der Waals surface area contributed by atoms with Crippen LogP contribution in [-0.2, 0) is 0 Å². The summed E-state index contributed by atoms with van der Waals surface area (Å²) in [5.74, 6) is -1.54. The Labute approximate surface area is 106 Å². The maximum Gasteiger partial charge on any atom is 0.163 e. The van der Waals surface area contributed by atoms with Gasteiger partial charge >= 0.3 is 0 Å². The van der Waals surface area contributed by atoms with Crippen molar-refractivity contribution in [3.8, 4) is 0 Å². The van der Waals surface area contributed by atoms with E-state index in [0.717, 1.165) is 6.07 Å². The number of rotatable bonds is 4. The van der Waals surface area contributed by atoms with Crippen molar-refractivity contribution in [1.82, 2.24) is 4.72 Å². The molecule has 1 unspecified atom stereocenters. The van der Waals surface area contributed by atoms with Crippen molar-refractivity contribution < 1.29 is 8.78 Å². The van der Waals surface area contributed by atoms with Crippen LogP contribution in [0.5, 0.6) is 0 Å². The van der Waals surface area contributed by atoms with Gasteiger partial charge in [0.05, 0.1) is 0 Å². The van der Waals surface area contributed by atoms with Gasteiger partial charge in [-0.1, -0.05) is 31.0 Å². The van der Waals surface area contributed by atoms with E-state index in [1.54, 1.807) is 12.1 Å². The smallest absolute Gasteiger partial charge is 0.163 e. The van der Waals surface area contributed by atoms with Crippen LogP contribution in [0.4, 0.5) is 8.78 Å². The van der Waals surface area contributed by atoms with E-state index in [2.05, 4.69) is 25.5 Å². The van der Waals surface area contributed by atoms with Gasteiger partial charge in [-0.2, -0.15) is 0 Å². The summed E-state index contributed by atoms with van der Waals surface area (Å²) in [5.41, 5.74) is 0.393. The first kappa shape index (κ1) is 14.5. The van der Waals surface area contributed by atoms with Crippen molar-refractivity contribution >= 4 is 11.9 Å². The van der Waals surface area contributed by atoms with Crippen LogP contribution in [0.15, 0.2) is 18.2 Å². The highest BCUT2D eigenvalue weighted by Gasteiger charge is 2.19. The molecule has 1 nitrogen and oxygen atoms in total. The highest BCUT2D eigenvalue weighted by atomic mass is 32.2. The Bertz CT molecular complexity index is 374. The molecule has 0 saturated heterocycles. The van der Waals surface area contributed by atoms with Gasteiger partial charge < -0.3 is 0 Å². The molecule has 0 amide bonds. The fourth-order valence-corrected chi connectivity index (χ4v) is 2.19. The van der Waals surface area contributed by atoms with Gasteiger partial charge in [0.25, 0.3) is 0 Å². The first-order valence-electron chi connectivity index (χ1n) is 5.72. The first-order valence-corrected chi connectivity index (χ1v) is 6.54. The molecule has 0 saturated carbocycles. The molecule has 0 spiro atoms. The number of hydrogen-bond donors (Lipinski definition) is 1. The van der Waals surface area contributed by atoms with Crippen LogP contribution in [-0.4, -0.2) is 4.75 Å². The minimum absolute atomic E-state index is 0.0389. The Kier molecular flexibility index (Phi) is 4.95. The van der Waals surface area contributed by atoms with Crippen molar-refractivity contribution in [2.75, 3.05) is 0 Å². The molecule has 1 aromatic rings. The maximum atomic E-state index is 13.6. The molecule has 0 aliphatic heterocycles. The van der Waals surface area contributed by atoms with E-state index in [1.165, 1.54) is 11.9 Å². The van der Waals surface area contributed by atoms with E-state index in [0.29, 0.717) is 12.0 Å². The van der Waals surface area contributed by atoms with Crippen molar-refractivity contribution in [2.45, 2.75) is 44.9 Å². The van der Waals surface area contributed by atoms with Crippen LogP contribution in [0.25, 0.3) is 0 Å². The second-order valence-corrected chi connectivity index (χ2v) is 6.60. The summed E-state index contributed by atoms with van der Waals surface area (Å²) >= 11 is 1.54. The van der Waals surface area contributed by atoms with Gasteiger partial charge in [-0.3, -0.25) is 4.72 Å². The van der Waals surface area contributed by atoms with Crippen LogP contribution in [0.3, 0.4) is 0 Å². The maximum absolute atomic E-state index is 13.6. The molecule has 0 heterocycles. The van der Waals surface area contributed by atoms with Crippen LogP contribution in [0.2, 0.25) is 0 Å². The third-order valence-electron chi connectivity index (χ3n) is 2.27. The lowest BCUT2D eigenvalue weighted by Gasteiger charge is -2.24. The van der Waals surface area contributed by atoms with Gasteiger partial charge in [0, 0.05) is 16.4 Å². The quantitative estimate of drug-likeness (QED) is 0.802. The van der Waals surface area contributed by atoms with Gasteiger partial charge in [-0.15, -0.1) is 0 Å². The molecule has 0 radical (unpaired) electrons. The summed E-state index contributed by atoms with van der Waals surface area (Å²) in [6.07, 6.45) is 0.712. The normalized spacial score (nSPS) is 13.8. The minimum Gasteiger partial charge on any atom is -0.256 e. The molecule has 17 heavy (non-hydrogen) atoms. The zero-order valence-corrected chi connectivity index (χ0v) is 11.5. The van der Waals surface area contributed by atoms with Crippen LogP contribution in [0.1, 0.15) is 45.7 Å². The molecule has 1 atom stereocenters. The van der Waals surface area contributed by atoms with Gasteiger partial charge in [0.2, 0.25) is 0 Å². The number of benzene rings is 1. The molecule has 0 aliphatic carbocycles. The van der Waals surface area contributed by atoms with Crippen molar-refractivity contribution in [3.05, 3.63) is 35.4 Å². The molecule has 0 aromatic heterocycles. The summed E-state index contributed by atoms with van der Waals surface area (Å²) in [6, 6.07) is 4.14. The van der Waals surface area contributed by atoms with Crippen molar-refractivity contribution in [3.63, 3.8) is 0 Å². The fraction of sp³-hybridized carbons (Fsp3) is 0.538. The van der Waals surface area contributed by atoms with Gasteiger partial charge in [-0.25, -0.2) is 8.78 Å². The zero-order valence-electron chi connectivity index (χ0n) is 10.7. The van der Waals surface area contributed by atoms with Crippen molar-refractivity contribution in [1.29, 1.82) is 0 Å². The number of hydrogen-bond acceptors (Lipinski definition) is 2. The lowest BCUT2D eigenvalue weighted by molar-refractivity contribution is 0.481. The van der Waals surface area contributed by atoms with Crippen LogP contribution < -0.4 is 4.72 Å². The molecule has 0 bridgehead atoms. The molecule has 0 aliphatic rings. The van der Waals surface area contributed by atoms with Crippen LogP contribution >= 0.6 is 11.9 Å². The summed E-state index contributed by atoms with van der Waals surface area (Å²) in [5, 5.41) is 0. The Hall–Kier alpha value is -0.610. The second-order valence-electron chi connectivity index (χ2n) is 4.94. The van der Waals surface area contributed by atoms with Gasteiger partial charge in [-0.05, 0) is 33.3 Å². The minimum atomic E-state index is -0.788. The van der Waals surface area contributed by atoms with Crippen LogP contribution in [0, 0.1) is 11.6 Å². The number of nitrogens with one attached hydrogen (secondary N) is 1. The second kappa shape index (κ2) is 5.83. The van der Waals surface area contributed by atoms with Gasteiger partial charge in [0.1, 0.15) is 0 Å². The highest BCUT2D eigenvalue weighted by molar-refractivity contribution is 7.98. The summed E-state index contributed by atoms with van der Waals surface area (Å²) in [4.78, 5) is 0. The Morgan fingerprint density at radius 3 is 2.47 bits per heavy atom. The SMILES string of the molecule is CCC(NSC(C)(C)C)c1cccc(F)c1F. The molecular formula is C13H19F2NS. The summed E-state index contributed by atoms with van der Waals surface area (Å²) in [7, 11) is 0. The third kappa shape index (κ3) is 4.28. The standard InChI is InChI=1S/C13H19F2NS/c1-5-11(16-17-13(2,3)4)9-7-6-8-10(14)12(9)15/h6-8,11,16H,5H2,1-4H3. The molecule has 0 fully saturated rings. The fourth-order valence-electron chi connectivity index (χ4n) is 1.40. The topological polar surface area (TPSA) is 12.0 Å². The summed E-state index contributed by atoms with van der Waals surface area (Å²) < 4.78 is 30.0. The van der Waals surface area contributed by atoms with E-state index in [1.807, 2.05) is 6.92 Å². The molecule has 96 valence electrons.